The Morgan fingerprint density at radius 2 is 1.71 bits per heavy atom. The third-order valence-corrected chi connectivity index (χ3v) is 2.35. The van der Waals surface area contributed by atoms with Crippen LogP contribution in [0.5, 0.6) is 0 Å². The van der Waals surface area contributed by atoms with Crippen LogP contribution in [0.1, 0.15) is 18.1 Å². The van der Waals surface area contributed by atoms with Crippen LogP contribution < -0.4 is 10.6 Å². The molecule has 2 heteroatoms. The van der Waals surface area contributed by atoms with Crippen LogP contribution in [0, 0.1) is 13.8 Å². The molecule has 0 spiro atoms. The molecular weight excluding hydrogens is 172 g/mol. The van der Waals surface area contributed by atoms with E-state index in [1.165, 1.54) is 16.8 Å². The number of hydrogen-bond donors (Lipinski definition) is 1. The van der Waals surface area contributed by atoms with E-state index in [9.17, 15) is 0 Å². The van der Waals surface area contributed by atoms with E-state index in [0.29, 0.717) is 6.54 Å². The monoisotopic (exact) mass is 192 g/mol. The molecule has 1 aromatic carbocycles. The van der Waals surface area contributed by atoms with Crippen LogP contribution in [0.4, 0.5) is 5.69 Å². The van der Waals surface area contributed by atoms with Crippen molar-refractivity contribution in [2.24, 2.45) is 5.73 Å². The van der Waals surface area contributed by atoms with Crippen LogP contribution >= 0.6 is 0 Å². The Morgan fingerprint density at radius 1 is 1.14 bits per heavy atom. The van der Waals surface area contributed by atoms with Crippen molar-refractivity contribution < 1.29 is 0 Å². The number of nitrogens with zero attached hydrogens (tertiary/aromatic N) is 1. The summed E-state index contributed by atoms with van der Waals surface area (Å²) in [5, 5.41) is 0. The summed E-state index contributed by atoms with van der Waals surface area (Å²) in [6.45, 7) is 9.08. The van der Waals surface area contributed by atoms with E-state index in [1.54, 1.807) is 0 Å². The van der Waals surface area contributed by atoms with Gasteiger partial charge in [0.1, 0.15) is 0 Å². The van der Waals surface area contributed by atoms with Crippen LogP contribution in [-0.4, -0.2) is 19.6 Å². The fourth-order valence-electron chi connectivity index (χ4n) is 1.76. The smallest absolute Gasteiger partial charge is 0.0371 e. The van der Waals surface area contributed by atoms with Crippen molar-refractivity contribution in [3.8, 4) is 0 Å². The van der Waals surface area contributed by atoms with Gasteiger partial charge in [-0.05, 0) is 44.0 Å². The first-order chi connectivity index (χ1) is 6.67. The SMILES string of the molecule is CCN(CCN)c1cc(C)cc(C)c1. The number of nitrogens with two attached hydrogens (primary N) is 1. The van der Waals surface area contributed by atoms with Gasteiger partial charge in [-0.1, -0.05) is 6.07 Å². The van der Waals surface area contributed by atoms with Crippen molar-refractivity contribution in [3.05, 3.63) is 29.3 Å². The third kappa shape index (κ3) is 2.74. The molecule has 0 atom stereocenters. The van der Waals surface area contributed by atoms with Gasteiger partial charge in [-0.25, -0.2) is 0 Å². The highest BCUT2D eigenvalue weighted by Crippen LogP contribution is 2.17. The second kappa shape index (κ2) is 5.01. The Bertz CT molecular complexity index is 274. The average Bonchev–Trinajstić information content (AvgIpc) is 2.12. The lowest BCUT2D eigenvalue weighted by Crippen LogP contribution is -2.29. The zero-order valence-electron chi connectivity index (χ0n) is 9.38. The summed E-state index contributed by atoms with van der Waals surface area (Å²) in [5.74, 6) is 0. The largest absolute Gasteiger partial charge is 0.371 e. The molecule has 0 aromatic heterocycles. The average molecular weight is 192 g/mol. The Kier molecular flexibility index (Phi) is 3.96. The van der Waals surface area contributed by atoms with Gasteiger partial charge in [-0.2, -0.15) is 0 Å². The Labute approximate surface area is 86.7 Å². The second-order valence-electron chi connectivity index (χ2n) is 3.71. The van der Waals surface area contributed by atoms with E-state index >= 15 is 0 Å². The Balaban J connectivity index is 2.91. The molecule has 2 N–H and O–H groups in total. The summed E-state index contributed by atoms with van der Waals surface area (Å²) in [6, 6.07) is 6.62. The van der Waals surface area contributed by atoms with Gasteiger partial charge in [0.2, 0.25) is 0 Å². The van der Waals surface area contributed by atoms with Crippen molar-refractivity contribution in [2.45, 2.75) is 20.8 Å². The predicted octanol–water partition coefficient (Wildman–Crippen LogP) is 2.09. The van der Waals surface area contributed by atoms with Crippen molar-refractivity contribution in [1.29, 1.82) is 0 Å². The topological polar surface area (TPSA) is 29.3 Å². The Hall–Kier alpha value is -1.02. The van der Waals surface area contributed by atoms with Gasteiger partial charge >= 0.3 is 0 Å². The normalized spacial score (nSPS) is 10.3. The van der Waals surface area contributed by atoms with Crippen LogP contribution in [0.2, 0.25) is 0 Å². The number of likely N-dealkylation sites (N-methyl/N-ethyl adjacent to an activating group) is 1. The van der Waals surface area contributed by atoms with Crippen molar-refractivity contribution in [2.75, 3.05) is 24.5 Å². The third-order valence-electron chi connectivity index (χ3n) is 2.35. The second-order valence-corrected chi connectivity index (χ2v) is 3.71. The zero-order valence-corrected chi connectivity index (χ0v) is 9.38. The van der Waals surface area contributed by atoms with Crippen molar-refractivity contribution in [3.63, 3.8) is 0 Å². The first kappa shape index (κ1) is 11.1. The minimum absolute atomic E-state index is 0.709. The molecule has 0 aliphatic rings. The van der Waals surface area contributed by atoms with Gasteiger partial charge < -0.3 is 10.6 Å². The summed E-state index contributed by atoms with van der Waals surface area (Å²) in [6.07, 6.45) is 0. The zero-order chi connectivity index (χ0) is 10.6. The summed E-state index contributed by atoms with van der Waals surface area (Å²) in [7, 11) is 0. The molecule has 1 rings (SSSR count). The predicted molar refractivity (Wildman–Crippen MR) is 62.9 cm³/mol. The minimum Gasteiger partial charge on any atom is -0.371 e. The van der Waals surface area contributed by atoms with Crippen molar-refractivity contribution >= 4 is 5.69 Å². The molecule has 0 aliphatic heterocycles. The van der Waals surface area contributed by atoms with E-state index in [0.717, 1.165) is 13.1 Å². The quantitative estimate of drug-likeness (QED) is 0.791. The molecule has 0 fully saturated rings. The minimum atomic E-state index is 0.709. The molecule has 0 heterocycles. The lowest BCUT2D eigenvalue weighted by Gasteiger charge is -2.23. The number of benzene rings is 1. The fourth-order valence-corrected chi connectivity index (χ4v) is 1.76. The maximum Gasteiger partial charge on any atom is 0.0371 e. The highest BCUT2D eigenvalue weighted by molar-refractivity contribution is 5.50. The molecule has 0 saturated carbocycles. The standard InChI is InChI=1S/C12H20N2/c1-4-14(6-5-13)12-8-10(2)7-11(3)9-12/h7-9H,4-6,13H2,1-3H3. The van der Waals surface area contributed by atoms with E-state index in [4.69, 9.17) is 5.73 Å². The molecule has 0 saturated heterocycles. The number of hydrogen-bond acceptors (Lipinski definition) is 2. The molecule has 14 heavy (non-hydrogen) atoms. The molecular formula is C12H20N2. The molecule has 78 valence electrons. The van der Waals surface area contributed by atoms with E-state index in [2.05, 4.69) is 43.9 Å². The molecule has 0 bridgehead atoms. The summed E-state index contributed by atoms with van der Waals surface area (Å²) < 4.78 is 0. The first-order valence-electron chi connectivity index (χ1n) is 5.20. The number of rotatable bonds is 4. The number of aryl methyl sites for hydroxylation is 2. The maximum absolute atomic E-state index is 5.58. The summed E-state index contributed by atoms with van der Waals surface area (Å²) in [4.78, 5) is 2.31. The molecule has 0 aliphatic carbocycles. The fraction of sp³-hybridized carbons (Fsp3) is 0.500. The van der Waals surface area contributed by atoms with E-state index in [-0.39, 0.29) is 0 Å². The van der Waals surface area contributed by atoms with Gasteiger partial charge in [-0.15, -0.1) is 0 Å². The Morgan fingerprint density at radius 3 is 2.14 bits per heavy atom. The lowest BCUT2D eigenvalue weighted by molar-refractivity contribution is 0.816. The van der Waals surface area contributed by atoms with Gasteiger partial charge in [-0.3, -0.25) is 0 Å². The maximum atomic E-state index is 5.58. The molecule has 1 aromatic rings. The van der Waals surface area contributed by atoms with Crippen molar-refractivity contribution in [1.82, 2.24) is 0 Å². The van der Waals surface area contributed by atoms with Crippen LogP contribution in [0.25, 0.3) is 0 Å². The molecule has 0 amide bonds. The highest BCUT2D eigenvalue weighted by atomic mass is 15.1. The van der Waals surface area contributed by atoms with E-state index in [1.807, 2.05) is 0 Å². The van der Waals surface area contributed by atoms with Gasteiger partial charge in [0.25, 0.3) is 0 Å². The van der Waals surface area contributed by atoms with Gasteiger partial charge in [0.05, 0.1) is 0 Å². The molecule has 2 nitrogen and oxygen atoms in total. The summed E-state index contributed by atoms with van der Waals surface area (Å²) in [5.41, 5.74) is 9.49. The molecule has 0 unspecified atom stereocenters. The van der Waals surface area contributed by atoms with Crippen LogP contribution in [0.3, 0.4) is 0 Å². The van der Waals surface area contributed by atoms with E-state index < -0.39 is 0 Å². The van der Waals surface area contributed by atoms with Gasteiger partial charge in [0, 0.05) is 25.3 Å². The first-order valence-corrected chi connectivity index (χ1v) is 5.20. The lowest BCUT2D eigenvalue weighted by atomic mass is 10.1. The van der Waals surface area contributed by atoms with Crippen LogP contribution in [0.15, 0.2) is 18.2 Å². The van der Waals surface area contributed by atoms with Crippen LogP contribution in [-0.2, 0) is 0 Å². The molecule has 0 radical (unpaired) electrons. The van der Waals surface area contributed by atoms with Gasteiger partial charge in [0.15, 0.2) is 0 Å². The highest BCUT2D eigenvalue weighted by Gasteiger charge is 2.03. The summed E-state index contributed by atoms with van der Waals surface area (Å²) >= 11 is 0. The number of anilines is 1.